The Balaban J connectivity index is 3.32. The monoisotopic (exact) mass is 341 g/mol. The van der Waals surface area contributed by atoms with Crippen LogP contribution < -0.4 is 5.32 Å². The molecule has 144 valence electrons. The quantitative estimate of drug-likeness (QED) is 0.281. The Labute approximate surface area is 153 Å². The lowest BCUT2D eigenvalue weighted by Crippen LogP contribution is -2.42. The fraction of sp³-hybridized carbons (Fsp3) is 1.00. The standard InChI is InChI=1S/C20H44BNO2/c1-4-5-6-7-8-9-10-11-12-13-14-15-16-22-19(2)20(17-23-3)24-18-21/h19-20,22H,4-18,21H2,1-3H3/t19?,20-/m1/s1. The summed E-state index contributed by atoms with van der Waals surface area (Å²) in [7, 11) is 3.78. The molecule has 0 saturated heterocycles. The molecule has 0 aromatic rings. The molecule has 0 aliphatic rings. The Morgan fingerprint density at radius 1 is 0.833 bits per heavy atom. The van der Waals surface area contributed by atoms with Crippen molar-refractivity contribution in [2.24, 2.45) is 0 Å². The van der Waals surface area contributed by atoms with Crippen LogP contribution in [-0.2, 0) is 9.47 Å². The largest absolute Gasteiger partial charge is 0.383 e. The van der Waals surface area contributed by atoms with Gasteiger partial charge in [0.15, 0.2) is 0 Å². The van der Waals surface area contributed by atoms with E-state index in [0.29, 0.717) is 12.6 Å². The van der Waals surface area contributed by atoms with Crippen LogP contribution in [0.15, 0.2) is 0 Å². The van der Waals surface area contributed by atoms with E-state index in [0.717, 1.165) is 13.1 Å². The van der Waals surface area contributed by atoms with E-state index in [1.54, 1.807) is 7.11 Å². The van der Waals surface area contributed by atoms with Crippen LogP contribution in [-0.4, -0.2) is 46.8 Å². The molecule has 0 aromatic carbocycles. The minimum absolute atomic E-state index is 0.164. The van der Waals surface area contributed by atoms with Gasteiger partial charge in [0.25, 0.3) is 0 Å². The van der Waals surface area contributed by atoms with Gasteiger partial charge in [0.2, 0.25) is 0 Å². The highest BCUT2D eigenvalue weighted by Gasteiger charge is 2.16. The van der Waals surface area contributed by atoms with Gasteiger partial charge in [-0.25, -0.2) is 0 Å². The van der Waals surface area contributed by atoms with E-state index in [1.165, 1.54) is 77.0 Å². The van der Waals surface area contributed by atoms with E-state index in [-0.39, 0.29) is 6.10 Å². The molecule has 0 radical (unpaired) electrons. The first-order valence-electron chi connectivity index (χ1n) is 10.6. The van der Waals surface area contributed by atoms with Crippen LogP contribution in [0.3, 0.4) is 0 Å². The summed E-state index contributed by atoms with van der Waals surface area (Å²) in [6, 6.07) is 0.359. The van der Waals surface area contributed by atoms with Crippen LogP contribution in [0, 0.1) is 0 Å². The summed E-state index contributed by atoms with van der Waals surface area (Å²) < 4.78 is 11.0. The Bertz CT molecular complexity index is 236. The predicted octanol–water partition coefficient (Wildman–Crippen LogP) is 4.29. The number of unbranched alkanes of at least 4 members (excludes halogenated alkanes) is 11. The van der Waals surface area contributed by atoms with Gasteiger partial charge in [-0.05, 0) is 19.9 Å². The van der Waals surface area contributed by atoms with E-state index in [4.69, 9.17) is 9.47 Å². The molecule has 2 atom stereocenters. The lowest BCUT2D eigenvalue weighted by molar-refractivity contribution is -0.0000315. The molecule has 3 nitrogen and oxygen atoms in total. The summed E-state index contributed by atoms with van der Waals surface area (Å²) >= 11 is 0. The van der Waals surface area contributed by atoms with Crippen LogP contribution in [0.1, 0.15) is 90.9 Å². The van der Waals surface area contributed by atoms with Gasteiger partial charge in [-0.1, -0.05) is 77.6 Å². The van der Waals surface area contributed by atoms with Crippen LogP contribution in [0.2, 0.25) is 0 Å². The van der Waals surface area contributed by atoms with Crippen molar-refractivity contribution in [1.82, 2.24) is 5.32 Å². The summed E-state index contributed by atoms with van der Waals surface area (Å²) in [4.78, 5) is 0. The third-order valence-corrected chi connectivity index (χ3v) is 4.77. The van der Waals surface area contributed by atoms with E-state index in [9.17, 15) is 0 Å². The summed E-state index contributed by atoms with van der Waals surface area (Å²) in [6.45, 7) is 6.98. The molecule has 0 heterocycles. The average molecular weight is 341 g/mol. The summed E-state index contributed by atoms with van der Waals surface area (Å²) in [5, 5.41) is 3.58. The maximum Gasteiger partial charge on any atom is 0.135 e. The summed E-state index contributed by atoms with van der Waals surface area (Å²) in [5.74, 6) is 0. The molecular formula is C20H44BNO2. The smallest absolute Gasteiger partial charge is 0.135 e. The zero-order valence-corrected chi connectivity index (χ0v) is 17.1. The third-order valence-electron chi connectivity index (χ3n) is 4.77. The fourth-order valence-corrected chi connectivity index (χ4v) is 3.14. The normalized spacial score (nSPS) is 14.0. The van der Waals surface area contributed by atoms with Gasteiger partial charge in [0, 0.05) is 19.7 Å². The molecule has 0 saturated carbocycles. The molecule has 0 aromatic heterocycles. The second-order valence-electron chi connectivity index (χ2n) is 7.08. The lowest BCUT2D eigenvalue weighted by Gasteiger charge is -2.24. The molecule has 0 spiro atoms. The number of methoxy groups -OCH3 is 1. The maximum atomic E-state index is 5.72. The predicted molar refractivity (Wildman–Crippen MR) is 109 cm³/mol. The van der Waals surface area contributed by atoms with Gasteiger partial charge < -0.3 is 14.8 Å². The Kier molecular flexibility index (Phi) is 19.2. The number of nitrogens with one attached hydrogen (secondary N) is 1. The molecular weight excluding hydrogens is 297 g/mol. The van der Waals surface area contributed by atoms with E-state index >= 15 is 0 Å². The first-order valence-corrected chi connectivity index (χ1v) is 10.6. The molecule has 0 bridgehead atoms. The fourth-order valence-electron chi connectivity index (χ4n) is 3.14. The van der Waals surface area contributed by atoms with E-state index < -0.39 is 0 Å². The molecule has 0 amide bonds. The maximum absolute atomic E-state index is 5.72. The van der Waals surface area contributed by atoms with Gasteiger partial charge in [0.1, 0.15) is 7.85 Å². The van der Waals surface area contributed by atoms with Gasteiger partial charge in [-0.3, -0.25) is 0 Å². The van der Waals surface area contributed by atoms with Crippen molar-refractivity contribution in [2.45, 2.75) is 103 Å². The second-order valence-corrected chi connectivity index (χ2v) is 7.08. The highest BCUT2D eigenvalue weighted by atomic mass is 16.5. The van der Waals surface area contributed by atoms with Gasteiger partial charge in [-0.2, -0.15) is 0 Å². The van der Waals surface area contributed by atoms with Gasteiger partial charge in [0.05, 0.1) is 12.7 Å². The van der Waals surface area contributed by atoms with Crippen LogP contribution in [0.5, 0.6) is 0 Å². The van der Waals surface area contributed by atoms with E-state index in [1.807, 2.05) is 7.85 Å². The van der Waals surface area contributed by atoms with Crippen molar-refractivity contribution in [3.05, 3.63) is 0 Å². The molecule has 0 aliphatic carbocycles. The zero-order valence-electron chi connectivity index (χ0n) is 17.1. The highest BCUT2D eigenvalue weighted by Crippen LogP contribution is 2.11. The highest BCUT2D eigenvalue weighted by molar-refractivity contribution is 6.08. The lowest BCUT2D eigenvalue weighted by atomic mass is 10.1. The van der Waals surface area contributed by atoms with Crippen molar-refractivity contribution in [3.63, 3.8) is 0 Å². The summed E-state index contributed by atoms with van der Waals surface area (Å²) in [5.41, 5.74) is 0. The average Bonchev–Trinajstić information content (AvgIpc) is 2.58. The first-order chi connectivity index (χ1) is 11.8. The molecule has 0 fully saturated rings. The number of ether oxygens (including phenoxy) is 2. The minimum atomic E-state index is 0.164. The number of rotatable bonds is 19. The SMILES string of the molecule is BCO[C@H](COC)C(C)NCCCCCCCCCCCCCC. The molecule has 4 heteroatoms. The topological polar surface area (TPSA) is 30.5 Å². The second kappa shape index (κ2) is 19.3. The van der Waals surface area contributed by atoms with Crippen molar-refractivity contribution in [3.8, 4) is 0 Å². The van der Waals surface area contributed by atoms with Crippen LogP contribution in [0.25, 0.3) is 0 Å². The Hall–Kier alpha value is -0.0551. The van der Waals surface area contributed by atoms with Crippen molar-refractivity contribution in [2.75, 3.05) is 26.8 Å². The third kappa shape index (κ3) is 15.5. The number of hydrogen-bond acceptors (Lipinski definition) is 3. The van der Waals surface area contributed by atoms with E-state index in [2.05, 4.69) is 19.2 Å². The van der Waals surface area contributed by atoms with Crippen molar-refractivity contribution < 1.29 is 9.47 Å². The van der Waals surface area contributed by atoms with Crippen molar-refractivity contribution in [1.29, 1.82) is 0 Å². The van der Waals surface area contributed by atoms with Gasteiger partial charge >= 0.3 is 0 Å². The van der Waals surface area contributed by atoms with Crippen LogP contribution >= 0.6 is 0 Å². The molecule has 24 heavy (non-hydrogen) atoms. The zero-order chi connectivity index (χ0) is 17.9. The Morgan fingerprint density at radius 3 is 1.79 bits per heavy atom. The molecule has 1 unspecified atom stereocenters. The summed E-state index contributed by atoms with van der Waals surface area (Å²) in [6.07, 6.45) is 17.0. The molecule has 0 aliphatic heterocycles. The number of hydrogen-bond donors (Lipinski definition) is 1. The minimum Gasteiger partial charge on any atom is -0.383 e. The first kappa shape index (κ1) is 23.9. The van der Waals surface area contributed by atoms with Crippen molar-refractivity contribution >= 4 is 7.85 Å². The Morgan fingerprint density at radius 2 is 1.33 bits per heavy atom. The van der Waals surface area contributed by atoms with Crippen LogP contribution in [0.4, 0.5) is 0 Å². The molecule has 1 N–H and O–H groups in total. The van der Waals surface area contributed by atoms with Gasteiger partial charge in [-0.15, -0.1) is 0 Å². The molecule has 0 rings (SSSR count).